The number of carbonyl (C=O) groups excluding carboxylic acids is 1. The lowest BCUT2D eigenvalue weighted by atomic mass is 9.78. The van der Waals surface area contributed by atoms with Crippen LogP contribution in [0.2, 0.25) is 0 Å². The van der Waals surface area contributed by atoms with Gasteiger partial charge < -0.3 is 10.4 Å². The van der Waals surface area contributed by atoms with Gasteiger partial charge in [0.25, 0.3) is 0 Å². The molecule has 1 aromatic rings. The first-order chi connectivity index (χ1) is 10.1. The number of carbonyl (C=O) groups is 2. The van der Waals surface area contributed by atoms with Gasteiger partial charge in [-0.1, -0.05) is 19.1 Å². The van der Waals surface area contributed by atoms with Crippen LogP contribution in [0.3, 0.4) is 0 Å². The summed E-state index contributed by atoms with van der Waals surface area (Å²) in [5.41, 5.74) is 1.97. The Morgan fingerprint density at radius 2 is 1.76 bits per heavy atom. The summed E-state index contributed by atoms with van der Waals surface area (Å²) in [5.74, 6) is -1.38. The van der Waals surface area contributed by atoms with Crippen LogP contribution in [-0.2, 0) is 16.0 Å². The number of nitrogens with one attached hydrogen (secondary N) is 1. The van der Waals surface area contributed by atoms with Crippen LogP contribution in [0.15, 0.2) is 24.3 Å². The van der Waals surface area contributed by atoms with E-state index >= 15 is 0 Å². The Morgan fingerprint density at radius 3 is 2.33 bits per heavy atom. The predicted molar refractivity (Wildman–Crippen MR) is 79.9 cm³/mol. The second-order valence-corrected chi connectivity index (χ2v) is 6.26. The minimum absolute atomic E-state index is 0.126. The summed E-state index contributed by atoms with van der Waals surface area (Å²) >= 11 is 0. The summed E-state index contributed by atoms with van der Waals surface area (Å²) in [6.45, 7) is 2.08. The van der Waals surface area contributed by atoms with Crippen molar-refractivity contribution in [2.45, 2.75) is 32.6 Å². The molecule has 2 fully saturated rings. The van der Waals surface area contributed by atoms with E-state index in [1.54, 1.807) is 0 Å². The lowest BCUT2D eigenvalue weighted by molar-refractivity contribution is -0.148. The van der Waals surface area contributed by atoms with Gasteiger partial charge in [-0.15, -0.1) is 0 Å². The fraction of sp³-hybridized carbons (Fsp3) is 0.529. The van der Waals surface area contributed by atoms with Crippen molar-refractivity contribution >= 4 is 17.6 Å². The Morgan fingerprint density at radius 1 is 1.14 bits per heavy atom. The number of amides is 1. The molecule has 1 amide bonds. The Hall–Kier alpha value is -1.84. The van der Waals surface area contributed by atoms with E-state index in [0.29, 0.717) is 0 Å². The van der Waals surface area contributed by atoms with Crippen LogP contribution >= 0.6 is 0 Å². The van der Waals surface area contributed by atoms with Gasteiger partial charge in [-0.25, -0.2) is 0 Å². The molecule has 2 N–H and O–H groups in total. The second kappa shape index (κ2) is 5.51. The van der Waals surface area contributed by atoms with Crippen LogP contribution in [0.4, 0.5) is 5.69 Å². The van der Waals surface area contributed by atoms with Crippen molar-refractivity contribution in [3.63, 3.8) is 0 Å². The zero-order valence-corrected chi connectivity index (χ0v) is 12.2. The van der Waals surface area contributed by atoms with E-state index < -0.39 is 11.9 Å². The molecule has 2 saturated carbocycles. The van der Waals surface area contributed by atoms with Crippen LogP contribution in [0.5, 0.6) is 0 Å². The first kappa shape index (κ1) is 14.1. The molecule has 0 aromatic heterocycles. The smallest absolute Gasteiger partial charge is 0.307 e. The zero-order valence-electron chi connectivity index (χ0n) is 12.2. The van der Waals surface area contributed by atoms with E-state index in [-0.39, 0.29) is 23.7 Å². The molecule has 0 aliphatic heterocycles. The summed E-state index contributed by atoms with van der Waals surface area (Å²) in [4.78, 5) is 24.0. The topological polar surface area (TPSA) is 66.4 Å². The Kier molecular flexibility index (Phi) is 3.70. The number of carboxylic acids is 1. The van der Waals surface area contributed by atoms with Crippen LogP contribution in [0.1, 0.15) is 31.7 Å². The van der Waals surface area contributed by atoms with Crippen molar-refractivity contribution < 1.29 is 14.7 Å². The summed E-state index contributed by atoms with van der Waals surface area (Å²) in [6.07, 6.45) is 3.80. The normalized spacial score (nSPS) is 30.3. The molecule has 2 aliphatic rings. The largest absolute Gasteiger partial charge is 0.481 e. The molecule has 0 spiro atoms. The minimum atomic E-state index is -0.816. The van der Waals surface area contributed by atoms with E-state index in [1.165, 1.54) is 5.56 Å². The molecule has 0 heterocycles. The molecule has 112 valence electrons. The summed E-state index contributed by atoms with van der Waals surface area (Å²) in [7, 11) is 0. The van der Waals surface area contributed by atoms with Gasteiger partial charge in [0.2, 0.25) is 5.91 Å². The highest BCUT2D eigenvalue weighted by atomic mass is 16.4. The van der Waals surface area contributed by atoms with Crippen molar-refractivity contribution in [1.82, 2.24) is 0 Å². The monoisotopic (exact) mass is 287 g/mol. The number of hydrogen-bond acceptors (Lipinski definition) is 2. The molecular formula is C17H21NO3. The number of carboxylic acid groups (broad SMARTS) is 1. The maximum Gasteiger partial charge on any atom is 0.307 e. The highest BCUT2D eigenvalue weighted by Gasteiger charge is 2.53. The Bertz CT molecular complexity index is 552. The highest BCUT2D eigenvalue weighted by molar-refractivity contribution is 5.96. The molecule has 0 radical (unpaired) electrons. The zero-order chi connectivity index (χ0) is 15.0. The van der Waals surface area contributed by atoms with Crippen LogP contribution < -0.4 is 5.32 Å². The van der Waals surface area contributed by atoms with E-state index in [0.717, 1.165) is 31.4 Å². The highest BCUT2D eigenvalue weighted by Crippen LogP contribution is 2.52. The molecule has 2 aliphatic carbocycles. The molecule has 4 heteroatoms. The predicted octanol–water partition coefficient (Wildman–Crippen LogP) is 2.93. The average Bonchev–Trinajstić information content (AvgIpc) is 3.08. The Balaban J connectivity index is 1.73. The van der Waals surface area contributed by atoms with E-state index in [9.17, 15) is 14.7 Å². The van der Waals surface area contributed by atoms with Crippen molar-refractivity contribution in [1.29, 1.82) is 0 Å². The van der Waals surface area contributed by atoms with Gasteiger partial charge in [-0.3, -0.25) is 9.59 Å². The Labute approximate surface area is 124 Å². The maximum atomic E-state index is 12.5. The van der Waals surface area contributed by atoms with Crippen molar-refractivity contribution in [2.75, 3.05) is 5.32 Å². The molecule has 4 atom stereocenters. The molecule has 3 rings (SSSR count). The fourth-order valence-corrected chi connectivity index (χ4v) is 4.07. The number of benzene rings is 1. The average molecular weight is 287 g/mol. The van der Waals surface area contributed by atoms with Gasteiger partial charge >= 0.3 is 5.97 Å². The number of rotatable bonds is 4. The van der Waals surface area contributed by atoms with Gasteiger partial charge in [-0.2, -0.15) is 0 Å². The third-order valence-electron chi connectivity index (χ3n) is 5.13. The number of hydrogen-bond donors (Lipinski definition) is 2. The quantitative estimate of drug-likeness (QED) is 0.894. The van der Waals surface area contributed by atoms with Gasteiger partial charge in [0, 0.05) is 5.69 Å². The van der Waals surface area contributed by atoms with Crippen LogP contribution in [0, 0.1) is 23.7 Å². The SMILES string of the molecule is CCc1ccc(NC(=O)[C@H]2[C@H]3CC[C@@H](C3)[C@H]2C(=O)O)cc1. The van der Waals surface area contributed by atoms with E-state index in [2.05, 4.69) is 12.2 Å². The standard InChI is InChI=1S/C17H21NO3/c1-2-10-3-7-13(8-4-10)18-16(19)14-11-5-6-12(9-11)15(14)17(20)21/h3-4,7-8,11-12,14-15H,2,5-6,9H2,1H3,(H,18,19)(H,20,21)/t11-,12-,14-,15+/m0/s1. The van der Waals surface area contributed by atoms with Gasteiger partial charge in [0.1, 0.15) is 0 Å². The molecule has 4 nitrogen and oxygen atoms in total. The molecular weight excluding hydrogens is 266 g/mol. The minimum Gasteiger partial charge on any atom is -0.481 e. The number of aliphatic carboxylic acids is 1. The first-order valence-electron chi connectivity index (χ1n) is 7.72. The van der Waals surface area contributed by atoms with E-state index in [4.69, 9.17) is 0 Å². The number of anilines is 1. The van der Waals surface area contributed by atoms with Gasteiger partial charge in [0.15, 0.2) is 0 Å². The number of fused-ring (bicyclic) bond motifs is 2. The van der Waals surface area contributed by atoms with Gasteiger partial charge in [0.05, 0.1) is 11.8 Å². The number of aryl methyl sites for hydroxylation is 1. The van der Waals surface area contributed by atoms with Crippen molar-refractivity contribution in [3.8, 4) is 0 Å². The molecule has 2 bridgehead atoms. The van der Waals surface area contributed by atoms with E-state index in [1.807, 2.05) is 24.3 Å². The lowest BCUT2D eigenvalue weighted by Gasteiger charge is -2.27. The molecule has 0 saturated heterocycles. The van der Waals surface area contributed by atoms with Crippen LogP contribution in [0.25, 0.3) is 0 Å². The molecule has 0 unspecified atom stereocenters. The summed E-state index contributed by atoms with van der Waals surface area (Å²) in [6, 6.07) is 7.76. The third-order valence-corrected chi connectivity index (χ3v) is 5.13. The fourth-order valence-electron chi connectivity index (χ4n) is 4.07. The summed E-state index contributed by atoms with van der Waals surface area (Å²) in [5, 5.41) is 12.3. The van der Waals surface area contributed by atoms with Gasteiger partial charge in [-0.05, 0) is 55.2 Å². The van der Waals surface area contributed by atoms with Crippen LogP contribution in [-0.4, -0.2) is 17.0 Å². The van der Waals surface area contributed by atoms with Crippen molar-refractivity contribution in [2.24, 2.45) is 23.7 Å². The second-order valence-electron chi connectivity index (χ2n) is 6.26. The first-order valence-corrected chi connectivity index (χ1v) is 7.72. The lowest BCUT2D eigenvalue weighted by Crippen LogP contribution is -2.37. The summed E-state index contributed by atoms with van der Waals surface area (Å²) < 4.78 is 0. The van der Waals surface area contributed by atoms with Crippen molar-refractivity contribution in [3.05, 3.63) is 29.8 Å². The third kappa shape index (κ3) is 2.55. The maximum absolute atomic E-state index is 12.5. The molecule has 21 heavy (non-hydrogen) atoms. The molecule has 1 aromatic carbocycles.